The van der Waals surface area contributed by atoms with Crippen LogP contribution in [0.25, 0.3) is 0 Å². The van der Waals surface area contributed by atoms with Gasteiger partial charge in [0.2, 0.25) is 0 Å². The first-order valence-electron chi connectivity index (χ1n) is 5.46. The van der Waals surface area contributed by atoms with E-state index in [0.29, 0.717) is 12.1 Å². The van der Waals surface area contributed by atoms with E-state index in [1.807, 2.05) is 6.92 Å². The van der Waals surface area contributed by atoms with Gasteiger partial charge >= 0.3 is 6.61 Å². The maximum absolute atomic E-state index is 12.2. The zero-order chi connectivity index (χ0) is 12.8. The number of rotatable bonds is 6. The van der Waals surface area contributed by atoms with Crippen LogP contribution in [0.1, 0.15) is 25.5 Å². The molecule has 0 aliphatic rings. The van der Waals surface area contributed by atoms with Gasteiger partial charge in [-0.3, -0.25) is 0 Å². The van der Waals surface area contributed by atoms with Crippen LogP contribution < -0.4 is 10.1 Å². The Morgan fingerprint density at radius 2 is 1.94 bits per heavy atom. The highest BCUT2D eigenvalue weighted by atomic mass is 19.3. The molecule has 96 valence electrons. The Kier molecular flexibility index (Phi) is 5.31. The number of hydrogen-bond acceptors (Lipinski definition) is 3. The maximum atomic E-state index is 12.2. The molecule has 0 amide bonds. The lowest BCUT2D eigenvalue weighted by Crippen LogP contribution is -2.27. The summed E-state index contributed by atoms with van der Waals surface area (Å²) in [6, 6.07) is 6.45. The minimum Gasteiger partial charge on any atom is -0.434 e. The van der Waals surface area contributed by atoms with Crippen molar-refractivity contribution in [1.29, 1.82) is 0 Å². The van der Waals surface area contributed by atoms with Crippen molar-refractivity contribution < 1.29 is 18.6 Å². The van der Waals surface area contributed by atoms with Gasteiger partial charge in [0.15, 0.2) is 0 Å². The molecule has 0 saturated heterocycles. The standard InChI is InChI=1S/C12H17F2NO2/c1-8(16)7-15-9(2)10-5-3-4-6-11(10)17-12(13)14/h3-6,8-9,12,15-16H,7H2,1-2H3. The quantitative estimate of drug-likeness (QED) is 0.808. The number of nitrogens with one attached hydrogen (secondary N) is 1. The van der Waals surface area contributed by atoms with E-state index in [9.17, 15) is 8.78 Å². The molecule has 0 heterocycles. The van der Waals surface area contributed by atoms with Gasteiger partial charge in [-0.15, -0.1) is 0 Å². The molecule has 1 aromatic carbocycles. The maximum Gasteiger partial charge on any atom is 0.387 e. The molecular weight excluding hydrogens is 228 g/mol. The van der Waals surface area contributed by atoms with Crippen LogP contribution in [-0.2, 0) is 0 Å². The smallest absolute Gasteiger partial charge is 0.387 e. The van der Waals surface area contributed by atoms with Gasteiger partial charge in [0.1, 0.15) is 5.75 Å². The summed E-state index contributed by atoms with van der Waals surface area (Å²) in [6.07, 6.45) is -0.486. The van der Waals surface area contributed by atoms with Crippen molar-refractivity contribution in [3.63, 3.8) is 0 Å². The molecule has 0 spiro atoms. The Labute approximate surface area is 99.4 Å². The SMILES string of the molecule is CC(O)CNC(C)c1ccccc1OC(F)F. The molecule has 5 heteroatoms. The van der Waals surface area contributed by atoms with Crippen LogP contribution in [0.5, 0.6) is 5.75 Å². The second-order valence-electron chi connectivity index (χ2n) is 3.90. The first kappa shape index (κ1) is 13.9. The lowest BCUT2D eigenvalue weighted by Gasteiger charge is -2.18. The number of aliphatic hydroxyl groups is 1. The van der Waals surface area contributed by atoms with Crippen molar-refractivity contribution in [2.45, 2.75) is 32.6 Å². The predicted octanol–water partition coefficient (Wildman–Crippen LogP) is 2.32. The van der Waals surface area contributed by atoms with E-state index in [2.05, 4.69) is 10.1 Å². The molecule has 0 saturated carbocycles. The topological polar surface area (TPSA) is 41.5 Å². The third-order valence-corrected chi connectivity index (χ3v) is 2.32. The molecule has 1 rings (SSSR count). The van der Waals surface area contributed by atoms with Crippen molar-refractivity contribution in [3.8, 4) is 5.75 Å². The second kappa shape index (κ2) is 6.51. The van der Waals surface area contributed by atoms with E-state index in [1.165, 1.54) is 6.07 Å². The summed E-state index contributed by atoms with van der Waals surface area (Å²) in [7, 11) is 0. The molecule has 2 N–H and O–H groups in total. The molecule has 2 unspecified atom stereocenters. The van der Waals surface area contributed by atoms with E-state index >= 15 is 0 Å². The summed E-state index contributed by atoms with van der Waals surface area (Å²) in [6.45, 7) is 1.04. The van der Waals surface area contributed by atoms with E-state index < -0.39 is 12.7 Å². The van der Waals surface area contributed by atoms with E-state index in [0.717, 1.165) is 0 Å². The number of ether oxygens (including phenoxy) is 1. The number of alkyl halides is 2. The average molecular weight is 245 g/mol. The first-order valence-corrected chi connectivity index (χ1v) is 5.46. The lowest BCUT2D eigenvalue weighted by atomic mass is 10.1. The summed E-state index contributed by atoms with van der Waals surface area (Å²) in [5.41, 5.74) is 0.647. The summed E-state index contributed by atoms with van der Waals surface area (Å²) >= 11 is 0. The predicted molar refractivity (Wildman–Crippen MR) is 61.2 cm³/mol. The highest BCUT2D eigenvalue weighted by Crippen LogP contribution is 2.26. The molecule has 0 bridgehead atoms. The molecule has 0 aromatic heterocycles. The van der Waals surface area contributed by atoms with Gasteiger partial charge in [0.05, 0.1) is 6.10 Å². The Morgan fingerprint density at radius 3 is 2.53 bits per heavy atom. The van der Waals surface area contributed by atoms with E-state index in [-0.39, 0.29) is 11.8 Å². The summed E-state index contributed by atoms with van der Waals surface area (Å²) in [5, 5.41) is 12.2. The molecule has 0 radical (unpaired) electrons. The number of hydrogen-bond donors (Lipinski definition) is 2. The van der Waals surface area contributed by atoms with Crippen molar-refractivity contribution in [1.82, 2.24) is 5.32 Å². The number of benzene rings is 1. The molecular formula is C12H17F2NO2. The van der Waals surface area contributed by atoms with Crippen molar-refractivity contribution in [2.75, 3.05) is 6.54 Å². The largest absolute Gasteiger partial charge is 0.434 e. The van der Waals surface area contributed by atoms with Crippen LogP contribution in [0, 0.1) is 0 Å². The van der Waals surface area contributed by atoms with Crippen LogP contribution in [0.4, 0.5) is 8.78 Å². The second-order valence-corrected chi connectivity index (χ2v) is 3.90. The fourth-order valence-corrected chi connectivity index (χ4v) is 1.50. The fraction of sp³-hybridized carbons (Fsp3) is 0.500. The highest BCUT2D eigenvalue weighted by molar-refractivity contribution is 5.35. The summed E-state index contributed by atoms with van der Waals surface area (Å²) < 4.78 is 28.8. The summed E-state index contributed by atoms with van der Waals surface area (Å²) in [5.74, 6) is 0.160. The van der Waals surface area contributed by atoms with Crippen LogP contribution >= 0.6 is 0 Å². The third kappa shape index (κ3) is 4.66. The molecule has 3 nitrogen and oxygen atoms in total. The van der Waals surface area contributed by atoms with Crippen LogP contribution in [0.2, 0.25) is 0 Å². The normalized spacial score (nSPS) is 14.7. The van der Waals surface area contributed by atoms with Gasteiger partial charge < -0.3 is 15.2 Å². The van der Waals surface area contributed by atoms with Crippen molar-refractivity contribution in [3.05, 3.63) is 29.8 Å². The van der Waals surface area contributed by atoms with Gasteiger partial charge in [-0.2, -0.15) is 8.78 Å². The van der Waals surface area contributed by atoms with E-state index in [4.69, 9.17) is 5.11 Å². The Morgan fingerprint density at radius 1 is 1.29 bits per heavy atom. The zero-order valence-electron chi connectivity index (χ0n) is 9.86. The van der Waals surface area contributed by atoms with Crippen LogP contribution in [-0.4, -0.2) is 24.4 Å². The minimum absolute atomic E-state index is 0.160. The Balaban J connectivity index is 2.74. The van der Waals surface area contributed by atoms with Gasteiger partial charge in [0, 0.05) is 18.2 Å². The number of halogens is 2. The van der Waals surface area contributed by atoms with E-state index in [1.54, 1.807) is 25.1 Å². The Hall–Kier alpha value is -1.20. The van der Waals surface area contributed by atoms with Gasteiger partial charge in [0.25, 0.3) is 0 Å². The van der Waals surface area contributed by atoms with Gasteiger partial charge in [-0.05, 0) is 19.9 Å². The monoisotopic (exact) mass is 245 g/mol. The lowest BCUT2D eigenvalue weighted by molar-refractivity contribution is -0.0507. The minimum atomic E-state index is -2.83. The molecule has 17 heavy (non-hydrogen) atoms. The van der Waals surface area contributed by atoms with Gasteiger partial charge in [-0.1, -0.05) is 18.2 Å². The molecule has 0 fully saturated rings. The zero-order valence-corrected chi connectivity index (χ0v) is 9.86. The molecule has 1 aromatic rings. The Bertz CT molecular complexity index is 345. The van der Waals surface area contributed by atoms with Gasteiger partial charge in [-0.25, -0.2) is 0 Å². The third-order valence-electron chi connectivity index (χ3n) is 2.32. The number of para-hydroxylation sites is 1. The van der Waals surface area contributed by atoms with Crippen LogP contribution in [0.3, 0.4) is 0 Å². The van der Waals surface area contributed by atoms with Crippen molar-refractivity contribution >= 4 is 0 Å². The molecule has 0 aliphatic heterocycles. The van der Waals surface area contributed by atoms with Crippen molar-refractivity contribution in [2.24, 2.45) is 0 Å². The molecule has 0 aliphatic carbocycles. The summed E-state index contributed by atoms with van der Waals surface area (Å²) in [4.78, 5) is 0. The first-order chi connectivity index (χ1) is 8.00. The number of aliphatic hydroxyl groups excluding tert-OH is 1. The fourth-order valence-electron chi connectivity index (χ4n) is 1.50. The van der Waals surface area contributed by atoms with Crippen LogP contribution in [0.15, 0.2) is 24.3 Å². The highest BCUT2D eigenvalue weighted by Gasteiger charge is 2.14. The molecule has 2 atom stereocenters. The average Bonchev–Trinajstić information content (AvgIpc) is 2.25.